The number of hydrogen-bond acceptors (Lipinski definition) is 2. The van der Waals surface area contributed by atoms with E-state index in [1.165, 1.54) is 32.1 Å². The molecule has 21 heavy (non-hydrogen) atoms. The minimum absolute atomic E-state index is 0.0840. The average Bonchev–Trinajstić information content (AvgIpc) is 2.83. The van der Waals surface area contributed by atoms with Gasteiger partial charge in [-0.1, -0.05) is 38.3 Å². The third-order valence-electron chi connectivity index (χ3n) is 4.31. The summed E-state index contributed by atoms with van der Waals surface area (Å²) in [4.78, 5) is 12.3. The summed E-state index contributed by atoms with van der Waals surface area (Å²) >= 11 is 5.96. The number of carbonyl (C=O) groups is 1. The van der Waals surface area contributed by atoms with Crippen LogP contribution in [0.15, 0.2) is 18.2 Å². The predicted molar refractivity (Wildman–Crippen MR) is 88.6 cm³/mol. The largest absolute Gasteiger partial charge is 0.399 e. The lowest BCUT2D eigenvalue weighted by atomic mass is 9.78. The van der Waals surface area contributed by atoms with Gasteiger partial charge in [-0.3, -0.25) is 4.79 Å². The highest BCUT2D eigenvalue weighted by Crippen LogP contribution is 2.42. The molecule has 0 heterocycles. The van der Waals surface area contributed by atoms with Crippen LogP contribution in [-0.4, -0.2) is 12.5 Å². The molecule has 0 saturated heterocycles. The Hall–Kier alpha value is -1.22. The number of amides is 1. The van der Waals surface area contributed by atoms with Gasteiger partial charge >= 0.3 is 0 Å². The highest BCUT2D eigenvalue weighted by Gasteiger charge is 2.34. The second-order valence-electron chi connectivity index (χ2n) is 6.76. The Morgan fingerprint density at radius 2 is 2.00 bits per heavy atom. The van der Waals surface area contributed by atoms with Crippen molar-refractivity contribution in [2.75, 3.05) is 12.3 Å². The van der Waals surface area contributed by atoms with Crippen molar-refractivity contribution in [1.82, 2.24) is 5.32 Å². The van der Waals surface area contributed by atoms with Crippen molar-refractivity contribution in [1.29, 1.82) is 0 Å². The van der Waals surface area contributed by atoms with Gasteiger partial charge in [-0.05, 0) is 48.8 Å². The minimum atomic E-state index is -0.0840. The fourth-order valence-electron chi connectivity index (χ4n) is 3.56. The van der Waals surface area contributed by atoms with Crippen LogP contribution in [-0.2, 0) is 0 Å². The standard InChI is InChI=1S/C17H25ClN2O/c1-12(2)10-17(5-3-4-6-17)11-20-16(21)13-7-14(18)9-15(19)8-13/h7-9,12H,3-6,10-11,19H2,1-2H3,(H,20,21). The smallest absolute Gasteiger partial charge is 0.251 e. The van der Waals surface area contributed by atoms with Crippen molar-refractivity contribution in [3.8, 4) is 0 Å². The topological polar surface area (TPSA) is 55.1 Å². The van der Waals surface area contributed by atoms with E-state index < -0.39 is 0 Å². The molecule has 1 amide bonds. The number of nitrogen functional groups attached to an aromatic ring is 1. The molecule has 0 spiro atoms. The zero-order chi connectivity index (χ0) is 15.5. The molecule has 3 N–H and O–H groups in total. The fraction of sp³-hybridized carbons (Fsp3) is 0.588. The maximum atomic E-state index is 12.3. The lowest BCUT2D eigenvalue weighted by Gasteiger charge is -2.31. The van der Waals surface area contributed by atoms with E-state index in [9.17, 15) is 4.79 Å². The van der Waals surface area contributed by atoms with Crippen LogP contribution < -0.4 is 11.1 Å². The van der Waals surface area contributed by atoms with E-state index in [-0.39, 0.29) is 11.3 Å². The SMILES string of the molecule is CC(C)CC1(CNC(=O)c2cc(N)cc(Cl)c2)CCCC1. The molecule has 1 saturated carbocycles. The van der Waals surface area contributed by atoms with Crippen LogP contribution in [0.1, 0.15) is 56.3 Å². The average molecular weight is 309 g/mol. The fourth-order valence-corrected chi connectivity index (χ4v) is 3.80. The molecule has 3 nitrogen and oxygen atoms in total. The summed E-state index contributed by atoms with van der Waals surface area (Å²) < 4.78 is 0. The van der Waals surface area contributed by atoms with Gasteiger partial charge in [0.25, 0.3) is 5.91 Å². The number of nitrogens with two attached hydrogens (primary N) is 1. The van der Waals surface area contributed by atoms with Gasteiger partial charge in [0.05, 0.1) is 0 Å². The third kappa shape index (κ3) is 4.37. The summed E-state index contributed by atoms with van der Waals surface area (Å²) in [7, 11) is 0. The predicted octanol–water partition coefficient (Wildman–Crippen LogP) is 4.26. The van der Waals surface area contributed by atoms with Gasteiger partial charge < -0.3 is 11.1 Å². The first-order chi connectivity index (χ1) is 9.90. The molecule has 4 heteroatoms. The van der Waals surface area contributed by atoms with E-state index in [2.05, 4.69) is 19.2 Å². The van der Waals surface area contributed by atoms with Gasteiger partial charge in [0, 0.05) is 22.8 Å². The Bertz CT molecular complexity index is 487. The van der Waals surface area contributed by atoms with Gasteiger partial charge in [0.1, 0.15) is 0 Å². The van der Waals surface area contributed by atoms with E-state index in [4.69, 9.17) is 17.3 Å². The molecule has 0 aromatic heterocycles. The molecule has 1 aliphatic carbocycles. The van der Waals surface area contributed by atoms with Crippen molar-refractivity contribution in [3.05, 3.63) is 28.8 Å². The van der Waals surface area contributed by atoms with Crippen molar-refractivity contribution < 1.29 is 4.79 Å². The first-order valence-electron chi connectivity index (χ1n) is 7.74. The minimum Gasteiger partial charge on any atom is -0.399 e. The zero-order valence-electron chi connectivity index (χ0n) is 12.9. The number of rotatable bonds is 5. The Morgan fingerprint density at radius 3 is 2.57 bits per heavy atom. The van der Waals surface area contributed by atoms with E-state index in [1.807, 2.05) is 0 Å². The van der Waals surface area contributed by atoms with E-state index in [1.54, 1.807) is 18.2 Å². The summed E-state index contributed by atoms with van der Waals surface area (Å²) in [5.74, 6) is 0.570. The molecule has 1 fully saturated rings. The lowest BCUT2D eigenvalue weighted by Crippen LogP contribution is -2.36. The molecule has 116 valence electrons. The quantitative estimate of drug-likeness (QED) is 0.799. The highest BCUT2D eigenvalue weighted by atomic mass is 35.5. The Kier molecular flexibility index (Phi) is 5.15. The van der Waals surface area contributed by atoms with Gasteiger partial charge in [-0.15, -0.1) is 0 Å². The monoisotopic (exact) mass is 308 g/mol. The van der Waals surface area contributed by atoms with Gasteiger partial charge in [0.2, 0.25) is 0 Å². The van der Waals surface area contributed by atoms with Crippen molar-refractivity contribution in [2.24, 2.45) is 11.3 Å². The summed E-state index contributed by atoms with van der Waals surface area (Å²) in [5.41, 5.74) is 7.07. The number of hydrogen-bond donors (Lipinski definition) is 2. The second-order valence-corrected chi connectivity index (χ2v) is 7.20. The van der Waals surface area contributed by atoms with Crippen LogP contribution in [0, 0.1) is 11.3 Å². The number of carbonyl (C=O) groups excluding carboxylic acids is 1. The molecule has 0 aliphatic heterocycles. The summed E-state index contributed by atoms with van der Waals surface area (Å²) in [5, 5.41) is 3.59. The van der Waals surface area contributed by atoms with E-state index in [0.717, 1.165) is 6.54 Å². The summed E-state index contributed by atoms with van der Waals surface area (Å²) in [6, 6.07) is 4.98. The zero-order valence-corrected chi connectivity index (χ0v) is 13.7. The number of benzene rings is 1. The first kappa shape index (κ1) is 16.2. The van der Waals surface area contributed by atoms with Crippen molar-refractivity contribution >= 4 is 23.2 Å². The molecule has 1 aliphatic rings. The first-order valence-corrected chi connectivity index (χ1v) is 8.12. The number of nitrogens with one attached hydrogen (secondary N) is 1. The van der Waals surface area contributed by atoms with Gasteiger partial charge in [0.15, 0.2) is 0 Å². The Balaban J connectivity index is 2.01. The van der Waals surface area contributed by atoms with Crippen LogP contribution >= 0.6 is 11.6 Å². The lowest BCUT2D eigenvalue weighted by molar-refractivity contribution is 0.0922. The van der Waals surface area contributed by atoms with Crippen LogP contribution in [0.25, 0.3) is 0 Å². The molecule has 0 atom stereocenters. The van der Waals surface area contributed by atoms with Crippen LogP contribution in [0.3, 0.4) is 0 Å². The van der Waals surface area contributed by atoms with Crippen LogP contribution in [0.5, 0.6) is 0 Å². The van der Waals surface area contributed by atoms with Crippen molar-refractivity contribution in [2.45, 2.75) is 46.0 Å². The molecular weight excluding hydrogens is 284 g/mol. The van der Waals surface area contributed by atoms with E-state index in [0.29, 0.717) is 22.2 Å². The summed E-state index contributed by atoms with van der Waals surface area (Å²) in [6.45, 7) is 5.25. The number of halogens is 1. The molecule has 0 unspecified atom stereocenters. The second kappa shape index (κ2) is 6.69. The van der Waals surface area contributed by atoms with Crippen LogP contribution in [0.2, 0.25) is 5.02 Å². The molecular formula is C17H25ClN2O. The third-order valence-corrected chi connectivity index (χ3v) is 4.53. The summed E-state index contributed by atoms with van der Waals surface area (Å²) in [6.07, 6.45) is 6.14. The Morgan fingerprint density at radius 1 is 1.33 bits per heavy atom. The van der Waals surface area contributed by atoms with Crippen LogP contribution in [0.4, 0.5) is 5.69 Å². The number of anilines is 1. The Labute approximate surface area is 132 Å². The normalized spacial score (nSPS) is 17.1. The van der Waals surface area contributed by atoms with Gasteiger partial charge in [-0.25, -0.2) is 0 Å². The molecule has 0 bridgehead atoms. The maximum absolute atomic E-state index is 12.3. The molecule has 1 aromatic carbocycles. The van der Waals surface area contributed by atoms with E-state index >= 15 is 0 Å². The highest BCUT2D eigenvalue weighted by molar-refractivity contribution is 6.31. The molecule has 0 radical (unpaired) electrons. The van der Waals surface area contributed by atoms with Crippen molar-refractivity contribution in [3.63, 3.8) is 0 Å². The molecule has 1 aromatic rings. The molecule has 2 rings (SSSR count). The van der Waals surface area contributed by atoms with Gasteiger partial charge in [-0.2, -0.15) is 0 Å². The maximum Gasteiger partial charge on any atom is 0.251 e.